The van der Waals surface area contributed by atoms with Crippen LogP contribution in [-0.4, -0.2) is 27.3 Å². The van der Waals surface area contributed by atoms with Gasteiger partial charge in [-0.1, -0.05) is 18.2 Å². The molecule has 0 radical (unpaired) electrons. The molecule has 2 N–H and O–H groups in total. The lowest BCUT2D eigenvalue weighted by Crippen LogP contribution is -2.27. The summed E-state index contributed by atoms with van der Waals surface area (Å²) in [4.78, 5) is 29.1. The predicted octanol–water partition coefficient (Wildman–Crippen LogP) is 1.22. The zero-order valence-electron chi connectivity index (χ0n) is 10.7. The number of amides is 1. The summed E-state index contributed by atoms with van der Waals surface area (Å²) in [5.41, 5.74) is 0.377. The number of carbonyl (C=O) groups is 1. The lowest BCUT2D eigenvalue weighted by Gasteiger charge is -2.05. The van der Waals surface area contributed by atoms with Crippen molar-refractivity contribution in [1.82, 2.24) is 15.3 Å². The van der Waals surface area contributed by atoms with Crippen LogP contribution in [0.1, 0.15) is 11.4 Å². The van der Waals surface area contributed by atoms with Gasteiger partial charge in [0.1, 0.15) is 5.82 Å². The Morgan fingerprint density at radius 2 is 2.20 bits per heavy atom. The lowest BCUT2D eigenvalue weighted by atomic mass is 10.1. The number of nitro benzene ring substituents is 1. The van der Waals surface area contributed by atoms with Gasteiger partial charge in [0, 0.05) is 37.0 Å². The highest BCUT2D eigenvalue weighted by atomic mass is 16.6. The standard InChI is InChI=1S/C13H14N4O3/c18-13(16-6-5-12-14-7-8-15-12)9-10-3-1-2-4-11(10)17(19)20/h1-4,7-8H,5-6,9H2,(H,14,15)(H,16,18). The van der Waals surface area contributed by atoms with Crippen molar-refractivity contribution < 1.29 is 9.72 Å². The number of H-pyrrole nitrogens is 1. The molecule has 1 amide bonds. The van der Waals surface area contributed by atoms with Crippen molar-refractivity contribution in [2.24, 2.45) is 0 Å². The first-order valence-electron chi connectivity index (χ1n) is 6.14. The number of carbonyl (C=O) groups excluding carboxylic acids is 1. The van der Waals surface area contributed by atoms with Gasteiger partial charge in [-0.15, -0.1) is 0 Å². The van der Waals surface area contributed by atoms with Crippen LogP contribution in [0.3, 0.4) is 0 Å². The number of rotatable bonds is 6. The Labute approximate surface area is 115 Å². The van der Waals surface area contributed by atoms with E-state index in [-0.39, 0.29) is 18.0 Å². The number of nitro groups is 1. The molecule has 2 aromatic rings. The molecule has 0 saturated carbocycles. The SMILES string of the molecule is O=C(Cc1ccccc1[N+](=O)[O-])NCCc1ncc[nH]1. The maximum Gasteiger partial charge on any atom is 0.273 e. The largest absolute Gasteiger partial charge is 0.355 e. The van der Waals surface area contributed by atoms with Crippen molar-refractivity contribution in [3.63, 3.8) is 0 Å². The molecular formula is C13H14N4O3. The molecule has 0 fully saturated rings. The van der Waals surface area contributed by atoms with Gasteiger partial charge in [0.15, 0.2) is 0 Å². The van der Waals surface area contributed by atoms with Crippen molar-refractivity contribution >= 4 is 11.6 Å². The molecule has 0 atom stereocenters. The van der Waals surface area contributed by atoms with E-state index in [1.54, 1.807) is 30.6 Å². The minimum absolute atomic E-state index is 0.00465. The summed E-state index contributed by atoms with van der Waals surface area (Å²) in [7, 11) is 0. The van der Waals surface area contributed by atoms with Crippen molar-refractivity contribution in [2.45, 2.75) is 12.8 Å². The highest BCUT2D eigenvalue weighted by Crippen LogP contribution is 2.17. The minimum atomic E-state index is -0.481. The molecule has 0 bridgehead atoms. The lowest BCUT2D eigenvalue weighted by molar-refractivity contribution is -0.385. The van der Waals surface area contributed by atoms with Crippen LogP contribution in [0.2, 0.25) is 0 Å². The molecule has 7 heteroatoms. The molecule has 0 aliphatic heterocycles. The quantitative estimate of drug-likeness (QED) is 0.610. The van der Waals surface area contributed by atoms with Crippen LogP contribution in [0.4, 0.5) is 5.69 Å². The molecule has 1 aromatic carbocycles. The average molecular weight is 274 g/mol. The minimum Gasteiger partial charge on any atom is -0.355 e. The molecule has 0 spiro atoms. The van der Waals surface area contributed by atoms with Gasteiger partial charge in [0.25, 0.3) is 5.69 Å². The molecule has 7 nitrogen and oxygen atoms in total. The molecular weight excluding hydrogens is 260 g/mol. The second kappa shape index (κ2) is 6.46. The van der Waals surface area contributed by atoms with Gasteiger partial charge in [-0.2, -0.15) is 0 Å². The molecule has 0 aliphatic carbocycles. The van der Waals surface area contributed by atoms with E-state index in [9.17, 15) is 14.9 Å². The van der Waals surface area contributed by atoms with Crippen molar-refractivity contribution in [1.29, 1.82) is 0 Å². The van der Waals surface area contributed by atoms with Crippen LogP contribution in [-0.2, 0) is 17.6 Å². The first-order chi connectivity index (χ1) is 9.66. The fourth-order valence-electron chi connectivity index (χ4n) is 1.83. The van der Waals surface area contributed by atoms with E-state index in [1.807, 2.05) is 0 Å². The Hall–Kier alpha value is -2.70. The third-order valence-electron chi connectivity index (χ3n) is 2.78. The zero-order chi connectivity index (χ0) is 14.4. The maximum absolute atomic E-state index is 11.8. The van der Waals surface area contributed by atoms with Crippen molar-refractivity contribution in [3.05, 3.63) is 58.2 Å². The van der Waals surface area contributed by atoms with Crippen LogP contribution >= 0.6 is 0 Å². The Balaban J connectivity index is 1.87. The summed E-state index contributed by atoms with van der Waals surface area (Å²) in [5, 5.41) is 13.5. The predicted molar refractivity (Wildman–Crippen MR) is 72.1 cm³/mol. The van der Waals surface area contributed by atoms with E-state index in [0.29, 0.717) is 18.5 Å². The molecule has 0 saturated heterocycles. The van der Waals surface area contributed by atoms with E-state index >= 15 is 0 Å². The van der Waals surface area contributed by atoms with Crippen molar-refractivity contribution in [2.75, 3.05) is 6.54 Å². The monoisotopic (exact) mass is 274 g/mol. The fraction of sp³-hybridized carbons (Fsp3) is 0.231. The van der Waals surface area contributed by atoms with E-state index in [0.717, 1.165) is 5.82 Å². The first kappa shape index (κ1) is 13.7. The van der Waals surface area contributed by atoms with Gasteiger partial charge in [0.2, 0.25) is 5.91 Å². The zero-order valence-corrected chi connectivity index (χ0v) is 10.7. The summed E-state index contributed by atoms with van der Waals surface area (Å²) in [6.07, 6.45) is 3.94. The molecule has 2 rings (SSSR count). The third-order valence-corrected chi connectivity index (χ3v) is 2.78. The maximum atomic E-state index is 11.8. The normalized spacial score (nSPS) is 10.2. The fourth-order valence-corrected chi connectivity index (χ4v) is 1.83. The first-order valence-corrected chi connectivity index (χ1v) is 6.14. The number of hydrogen-bond donors (Lipinski definition) is 2. The summed E-state index contributed by atoms with van der Waals surface area (Å²) >= 11 is 0. The summed E-state index contributed by atoms with van der Waals surface area (Å²) in [6.45, 7) is 0.437. The Kier molecular flexibility index (Phi) is 4.43. The molecule has 0 unspecified atom stereocenters. The van der Waals surface area contributed by atoms with Gasteiger partial charge in [-0.05, 0) is 0 Å². The van der Waals surface area contributed by atoms with Crippen LogP contribution < -0.4 is 5.32 Å². The van der Waals surface area contributed by atoms with Crippen LogP contribution in [0.15, 0.2) is 36.7 Å². The highest BCUT2D eigenvalue weighted by Gasteiger charge is 2.15. The number of imidazole rings is 1. The number of nitrogens with one attached hydrogen (secondary N) is 2. The number of nitrogens with zero attached hydrogens (tertiary/aromatic N) is 2. The summed E-state index contributed by atoms with van der Waals surface area (Å²) in [6, 6.07) is 6.24. The Bertz CT molecular complexity index is 595. The van der Waals surface area contributed by atoms with Gasteiger partial charge >= 0.3 is 0 Å². The number of hydrogen-bond acceptors (Lipinski definition) is 4. The van der Waals surface area contributed by atoms with Gasteiger partial charge in [0.05, 0.1) is 11.3 Å². The van der Waals surface area contributed by atoms with Crippen molar-refractivity contribution in [3.8, 4) is 0 Å². The second-order valence-corrected chi connectivity index (χ2v) is 4.20. The molecule has 0 aliphatic rings. The summed E-state index contributed by atoms with van der Waals surface area (Å²) in [5.74, 6) is 0.543. The topological polar surface area (TPSA) is 101 Å². The number of para-hydroxylation sites is 1. The van der Waals surface area contributed by atoms with Gasteiger partial charge in [-0.3, -0.25) is 14.9 Å². The van der Waals surface area contributed by atoms with Gasteiger partial charge in [-0.25, -0.2) is 4.98 Å². The molecule has 104 valence electrons. The molecule has 1 heterocycles. The Morgan fingerprint density at radius 3 is 2.90 bits per heavy atom. The van der Waals surface area contributed by atoms with E-state index < -0.39 is 4.92 Å². The summed E-state index contributed by atoms with van der Waals surface area (Å²) < 4.78 is 0. The average Bonchev–Trinajstić information content (AvgIpc) is 2.92. The van der Waals surface area contributed by atoms with E-state index in [1.165, 1.54) is 6.07 Å². The molecule has 1 aromatic heterocycles. The number of aromatic amines is 1. The molecule has 20 heavy (non-hydrogen) atoms. The van der Waals surface area contributed by atoms with Gasteiger partial charge < -0.3 is 10.3 Å². The second-order valence-electron chi connectivity index (χ2n) is 4.20. The van der Waals surface area contributed by atoms with Crippen LogP contribution in [0.25, 0.3) is 0 Å². The van der Waals surface area contributed by atoms with Crippen LogP contribution in [0, 0.1) is 10.1 Å². The van der Waals surface area contributed by atoms with Crippen LogP contribution in [0.5, 0.6) is 0 Å². The Morgan fingerprint density at radius 1 is 1.40 bits per heavy atom. The third kappa shape index (κ3) is 3.64. The van der Waals surface area contributed by atoms with E-state index in [4.69, 9.17) is 0 Å². The smallest absolute Gasteiger partial charge is 0.273 e. The number of aromatic nitrogens is 2. The number of benzene rings is 1. The highest BCUT2D eigenvalue weighted by molar-refractivity contribution is 5.79. The van der Waals surface area contributed by atoms with E-state index in [2.05, 4.69) is 15.3 Å².